The highest BCUT2D eigenvalue weighted by Gasteiger charge is 2.56. The molecule has 2 atom stereocenters. The van der Waals surface area contributed by atoms with Gasteiger partial charge in [-0.25, -0.2) is 9.59 Å². The predicted octanol–water partition coefficient (Wildman–Crippen LogP) is 1.75. The molecule has 0 spiro atoms. The number of esters is 1. The summed E-state index contributed by atoms with van der Waals surface area (Å²) in [5.74, 6) is -0.630. The molecule has 1 saturated carbocycles. The molecule has 20 heavy (non-hydrogen) atoms. The van der Waals surface area contributed by atoms with Gasteiger partial charge in [-0.15, -0.1) is 0 Å². The van der Waals surface area contributed by atoms with Crippen LogP contribution in [0.2, 0.25) is 0 Å². The molecular formula is C14H25NO5. The lowest BCUT2D eigenvalue weighted by molar-refractivity contribution is -0.176. The van der Waals surface area contributed by atoms with Gasteiger partial charge in [0.1, 0.15) is 11.2 Å². The van der Waals surface area contributed by atoms with Gasteiger partial charge in [0.2, 0.25) is 0 Å². The Morgan fingerprint density at radius 3 is 1.90 bits per heavy atom. The van der Waals surface area contributed by atoms with Crippen molar-refractivity contribution in [2.24, 2.45) is 0 Å². The summed E-state index contributed by atoms with van der Waals surface area (Å²) < 4.78 is 10.4. The molecule has 0 saturated heterocycles. The summed E-state index contributed by atoms with van der Waals surface area (Å²) >= 11 is 0. The average Bonchev–Trinajstić information content (AvgIpc) is 2.18. The number of aliphatic hydroxyl groups excluding tert-OH is 1. The topological polar surface area (TPSA) is 84.9 Å². The molecule has 0 radical (unpaired) electrons. The first kappa shape index (κ1) is 16.8. The van der Waals surface area contributed by atoms with Gasteiger partial charge in [-0.1, -0.05) is 0 Å². The quantitative estimate of drug-likeness (QED) is 0.756. The fourth-order valence-electron chi connectivity index (χ4n) is 1.85. The van der Waals surface area contributed by atoms with E-state index in [1.165, 1.54) is 0 Å². The molecule has 0 aromatic rings. The number of carbonyl (C=O) groups is 2. The minimum absolute atomic E-state index is 0.336. The van der Waals surface area contributed by atoms with Crippen molar-refractivity contribution in [2.75, 3.05) is 0 Å². The van der Waals surface area contributed by atoms with Crippen molar-refractivity contribution in [3.63, 3.8) is 0 Å². The second kappa shape index (κ2) is 5.24. The molecule has 1 amide bonds. The van der Waals surface area contributed by atoms with Crippen LogP contribution in [0.5, 0.6) is 0 Å². The first-order valence-electron chi connectivity index (χ1n) is 6.78. The summed E-state index contributed by atoms with van der Waals surface area (Å²) in [5.41, 5.74) is -2.75. The first-order valence-corrected chi connectivity index (χ1v) is 6.78. The van der Waals surface area contributed by atoms with Gasteiger partial charge in [0.25, 0.3) is 0 Å². The van der Waals surface area contributed by atoms with Crippen molar-refractivity contribution in [2.45, 2.75) is 77.2 Å². The molecule has 1 rings (SSSR count). The van der Waals surface area contributed by atoms with Crippen LogP contribution in [0.1, 0.15) is 54.4 Å². The second-order valence-corrected chi connectivity index (χ2v) is 7.15. The Balaban J connectivity index is 2.79. The highest BCUT2D eigenvalue weighted by molar-refractivity contribution is 5.88. The largest absolute Gasteiger partial charge is 0.458 e. The number of hydrogen-bond donors (Lipinski definition) is 2. The predicted molar refractivity (Wildman–Crippen MR) is 73.2 cm³/mol. The van der Waals surface area contributed by atoms with E-state index in [1.54, 1.807) is 41.5 Å². The normalized spacial score (nSPS) is 26.4. The number of nitrogens with one attached hydrogen (secondary N) is 1. The van der Waals surface area contributed by atoms with Crippen molar-refractivity contribution < 1.29 is 24.2 Å². The molecule has 0 aromatic carbocycles. The third-order valence-electron chi connectivity index (χ3n) is 2.87. The Kier molecular flexibility index (Phi) is 4.39. The highest BCUT2D eigenvalue weighted by Crippen LogP contribution is 2.35. The SMILES string of the molecule is CC(C)(C)OC(=O)N[C@@]1(C(=O)OC(C)(C)C)CC[C@H]1O. The number of aliphatic hydroxyl groups is 1. The van der Waals surface area contributed by atoms with Crippen molar-refractivity contribution in [1.82, 2.24) is 5.32 Å². The Morgan fingerprint density at radius 1 is 1.10 bits per heavy atom. The van der Waals surface area contributed by atoms with Crippen LogP contribution in [0.3, 0.4) is 0 Å². The van der Waals surface area contributed by atoms with Gasteiger partial charge >= 0.3 is 12.1 Å². The van der Waals surface area contributed by atoms with E-state index < -0.39 is 34.9 Å². The van der Waals surface area contributed by atoms with Crippen LogP contribution in [0.15, 0.2) is 0 Å². The minimum Gasteiger partial charge on any atom is -0.458 e. The number of amides is 1. The van der Waals surface area contributed by atoms with E-state index in [1.807, 2.05) is 0 Å². The van der Waals surface area contributed by atoms with Gasteiger partial charge in [0.05, 0.1) is 6.10 Å². The fourth-order valence-corrected chi connectivity index (χ4v) is 1.85. The Bertz CT molecular complexity index is 393. The van der Waals surface area contributed by atoms with Gasteiger partial charge in [0.15, 0.2) is 5.54 Å². The zero-order valence-corrected chi connectivity index (χ0v) is 13.1. The van der Waals surface area contributed by atoms with Crippen LogP contribution < -0.4 is 5.32 Å². The van der Waals surface area contributed by atoms with Crippen molar-refractivity contribution in [3.8, 4) is 0 Å². The molecule has 1 fully saturated rings. The molecule has 1 aliphatic carbocycles. The van der Waals surface area contributed by atoms with Crippen molar-refractivity contribution >= 4 is 12.1 Å². The summed E-state index contributed by atoms with van der Waals surface area (Å²) in [5, 5.41) is 12.4. The van der Waals surface area contributed by atoms with Crippen LogP contribution in [0, 0.1) is 0 Å². The smallest absolute Gasteiger partial charge is 0.408 e. The number of carbonyl (C=O) groups excluding carboxylic acids is 2. The van der Waals surface area contributed by atoms with Gasteiger partial charge in [0, 0.05) is 0 Å². The number of alkyl carbamates (subject to hydrolysis) is 1. The molecular weight excluding hydrogens is 262 g/mol. The van der Waals surface area contributed by atoms with Crippen LogP contribution in [-0.4, -0.2) is 40.0 Å². The molecule has 0 unspecified atom stereocenters. The van der Waals surface area contributed by atoms with Gasteiger partial charge in [-0.2, -0.15) is 0 Å². The van der Waals surface area contributed by atoms with E-state index >= 15 is 0 Å². The maximum absolute atomic E-state index is 12.2. The van der Waals surface area contributed by atoms with Crippen LogP contribution in [0.25, 0.3) is 0 Å². The maximum Gasteiger partial charge on any atom is 0.408 e. The number of hydrogen-bond acceptors (Lipinski definition) is 5. The lowest BCUT2D eigenvalue weighted by Gasteiger charge is -2.45. The molecule has 0 bridgehead atoms. The van der Waals surface area contributed by atoms with Crippen molar-refractivity contribution in [1.29, 1.82) is 0 Å². The minimum atomic E-state index is -1.39. The molecule has 1 aliphatic rings. The van der Waals surface area contributed by atoms with E-state index in [4.69, 9.17) is 9.47 Å². The van der Waals surface area contributed by atoms with Gasteiger partial charge < -0.3 is 19.9 Å². The summed E-state index contributed by atoms with van der Waals surface area (Å²) in [6.45, 7) is 10.4. The summed E-state index contributed by atoms with van der Waals surface area (Å²) in [6.07, 6.45) is -0.913. The summed E-state index contributed by atoms with van der Waals surface area (Å²) in [7, 11) is 0. The van der Waals surface area contributed by atoms with E-state index in [-0.39, 0.29) is 0 Å². The van der Waals surface area contributed by atoms with Gasteiger partial charge in [-0.05, 0) is 54.4 Å². The Labute approximate surface area is 119 Å². The second-order valence-electron chi connectivity index (χ2n) is 7.15. The van der Waals surface area contributed by atoms with E-state index in [2.05, 4.69) is 5.32 Å². The van der Waals surface area contributed by atoms with Gasteiger partial charge in [-0.3, -0.25) is 0 Å². The molecule has 116 valence electrons. The fraction of sp³-hybridized carbons (Fsp3) is 0.857. The van der Waals surface area contributed by atoms with Crippen LogP contribution in [-0.2, 0) is 14.3 Å². The van der Waals surface area contributed by atoms with E-state index in [0.29, 0.717) is 12.8 Å². The number of ether oxygens (including phenoxy) is 2. The third kappa shape index (κ3) is 4.10. The zero-order chi connectivity index (χ0) is 15.8. The molecule has 0 aromatic heterocycles. The van der Waals surface area contributed by atoms with Crippen LogP contribution >= 0.6 is 0 Å². The summed E-state index contributed by atoms with van der Waals surface area (Å²) in [6, 6.07) is 0. The summed E-state index contributed by atoms with van der Waals surface area (Å²) in [4.78, 5) is 24.1. The molecule has 6 heteroatoms. The van der Waals surface area contributed by atoms with Crippen molar-refractivity contribution in [3.05, 3.63) is 0 Å². The molecule has 2 N–H and O–H groups in total. The highest BCUT2D eigenvalue weighted by atomic mass is 16.6. The maximum atomic E-state index is 12.2. The lowest BCUT2D eigenvalue weighted by Crippen LogP contribution is -2.69. The third-order valence-corrected chi connectivity index (χ3v) is 2.87. The average molecular weight is 287 g/mol. The Morgan fingerprint density at radius 2 is 1.60 bits per heavy atom. The Hall–Kier alpha value is -1.30. The molecule has 0 heterocycles. The van der Waals surface area contributed by atoms with E-state index in [9.17, 15) is 14.7 Å². The number of rotatable bonds is 2. The molecule has 0 aliphatic heterocycles. The first-order chi connectivity index (χ1) is 8.86. The van der Waals surface area contributed by atoms with E-state index in [0.717, 1.165) is 0 Å². The monoisotopic (exact) mass is 287 g/mol. The zero-order valence-electron chi connectivity index (χ0n) is 13.1. The molecule has 6 nitrogen and oxygen atoms in total. The van der Waals surface area contributed by atoms with Crippen LogP contribution in [0.4, 0.5) is 4.79 Å². The standard InChI is InChI=1S/C14H25NO5/c1-12(2,3)19-10(17)14(8-7-9(14)16)15-11(18)20-13(4,5)6/h9,16H,7-8H2,1-6H3,(H,15,18)/t9-,14+/m1/s1. The lowest BCUT2D eigenvalue weighted by atomic mass is 9.73.